The number of aromatic nitrogens is 3. The molecule has 0 N–H and O–H groups in total. The summed E-state index contributed by atoms with van der Waals surface area (Å²) in [5, 5.41) is 8.05. The molecule has 1 aromatic carbocycles. The first kappa shape index (κ1) is 13.8. The summed E-state index contributed by atoms with van der Waals surface area (Å²) in [6, 6.07) is 5.68. The number of hydrogen-bond acceptors (Lipinski definition) is 3. The highest BCUT2D eigenvalue weighted by Crippen LogP contribution is 2.26. The van der Waals surface area contributed by atoms with Crippen molar-refractivity contribution in [2.75, 3.05) is 6.54 Å². The average molecular weight is 314 g/mol. The van der Waals surface area contributed by atoms with E-state index >= 15 is 0 Å². The molecule has 0 atom stereocenters. The third-order valence-corrected chi connectivity index (χ3v) is 4.12. The number of nitrogens with zero attached hydrogens (tertiary/aromatic N) is 4. The summed E-state index contributed by atoms with van der Waals surface area (Å²) in [5.41, 5.74) is 1.59. The number of benzene rings is 1. The lowest BCUT2D eigenvalue weighted by Gasteiger charge is -2.29. The average Bonchev–Trinajstić information content (AvgIpc) is 3.01. The molecule has 0 spiro atoms. The van der Waals surface area contributed by atoms with Gasteiger partial charge in [0.2, 0.25) is 0 Å². The van der Waals surface area contributed by atoms with Crippen LogP contribution in [-0.2, 0) is 13.0 Å². The van der Waals surface area contributed by atoms with Gasteiger partial charge in [0.25, 0.3) is 5.91 Å². The molecule has 1 aliphatic heterocycles. The molecule has 1 aliphatic rings. The van der Waals surface area contributed by atoms with E-state index in [0.29, 0.717) is 29.6 Å². The molecular weight excluding hydrogens is 302 g/mol. The molecule has 4 rings (SSSR count). The second kappa shape index (κ2) is 5.12. The SMILES string of the molecule is O=C(c1cnn2ncccc12)N1CCc2c(F)ccc(F)c2C1. The van der Waals surface area contributed by atoms with Gasteiger partial charge >= 0.3 is 0 Å². The van der Waals surface area contributed by atoms with Crippen LogP contribution < -0.4 is 0 Å². The predicted molar refractivity (Wildman–Crippen MR) is 77.8 cm³/mol. The summed E-state index contributed by atoms with van der Waals surface area (Å²) in [4.78, 5) is 14.2. The van der Waals surface area contributed by atoms with Gasteiger partial charge in [0.1, 0.15) is 17.2 Å². The molecule has 116 valence electrons. The normalized spacial score (nSPS) is 14.1. The fourth-order valence-electron chi connectivity index (χ4n) is 2.93. The molecular formula is C16H12F2N4O. The maximum absolute atomic E-state index is 14.0. The zero-order chi connectivity index (χ0) is 16.0. The molecule has 2 aromatic heterocycles. The fourth-order valence-corrected chi connectivity index (χ4v) is 2.93. The smallest absolute Gasteiger partial charge is 0.258 e. The zero-order valence-electron chi connectivity index (χ0n) is 12.0. The molecule has 0 saturated carbocycles. The van der Waals surface area contributed by atoms with Gasteiger partial charge in [-0.15, -0.1) is 0 Å². The first-order chi connectivity index (χ1) is 11.1. The number of amides is 1. The Bertz CT molecular complexity index is 922. The third kappa shape index (κ3) is 2.16. The number of halogens is 2. The van der Waals surface area contributed by atoms with E-state index in [1.54, 1.807) is 18.3 Å². The quantitative estimate of drug-likeness (QED) is 0.692. The molecule has 1 amide bonds. The molecule has 0 radical (unpaired) electrons. The standard InChI is InChI=1S/C16H12F2N4O/c17-13-3-4-14(18)12-9-21(7-5-10(12)13)16(23)11-8-20-22-15(11)2-1-6-19-22/h1-4,6,8H,5,7,9H2. The van der Waals surface area contributed by atoms with Crippen LogP contribution in [0.25, 0.3) is 5.52 Å². The summed E-state index contributed by atoms with van der Waals surface area (Å²) in [7, 11) is 0. The van der Waals surface area contributed by atoms with Gasteiger partial charge in [0, 0.05) is 24.8 Å². The van der Waals surface area contributed by atoms with Crippen molar-refractivity contribution in [2.24, 2.45) is 0 Å². The first-order valence-corrected chi connectivity index (χ1v) is 7.19. The first-order valence-electron chi connectivity index (χ1n) is 7.19. The Kier molecular flexibility index (Phi) is 3.07. The molecule has 3 aromatic rings. The zero-order valence-corrected chi connectivity index (χ0v) is 12.0. The lowest BCUT2D eigenvalue weighted by molar-refractivity contribution is 0.0733. The maximum atomic E-state index is 14.0. The highest BCUT2D eigenvalue weighted by molar-refractivity contribution is 6.00. The number of hydrogen-bond donors (Lipinski definition) is 0. The second-order valence-corrected chi connectivity index (χ2v) is 5.42. The van der Waals surface area contributed by atoms with Gasteiger partial charge in [-0.05, 0) is 36.2 Å². The number of rotatable bonds is 1. The Hall–Kier alpha value is -2.83. The number of fused-ring (bicyclic) bond motifs is 2. The van der Waals surface area contributed by atoms with Crippen molar-refractivity contribution in [1.82, 2.24) is 19.7 Å². The molecule has 5 nitrogen and oxygen atoms in total. The van der Waals surface area contributed by atoms with Gasteiger partial charge in [-0.3, -0.25) is 4.79 Å². The Morgan fingerprint density at radius 3 is 2.70 bits per heavy atom. The summed E-state index contributed by atoms with van der Waals surface area (Å²) in [5.74, 6) is -1.17. The molecule has 7 heteroatoms. The van der Waals surface area contributed by atoms with E-state index < -0.39 is 11.6 Å². The van der Waals surface area contributed by atoms with Crippen LogP contribution in [0, 0.1) is 11.6 Å². The Morgan fingerprint density at radius 1 is 1.09 bits per heavy atom. The maximum Gasteiger partial charge on any atom is 0.258 e. The lowest BCUT2D eigenvalue weighted by atomic mass is 9.98. The number of carbonyl (C=O) groups excluding carboxylic acids is 1. The highest BCUT2D eigenvalue weighted by Gasteiger charge is 2.27. The van der Waals surface area contributed by atoms with Crippen LogP contribution >= 0.6 is 0 Å². The summed E-state index contributed by atoms with van der Waals surface area (Å²) in [6.07, 6.45) is 3.31. The topological polar surface area (TPSA) is 50.5 Å². The molecule has 0 saturated heterocycles. The van der Waals surface area contributed by atoms with E-state index in [1.807, 2.05) is 0 Å². The molecule has 0 bridgehead atoms. The highest BCUT2D eigenvalue weighted by atomic mass is 19.1. The predicted octanol–water partition coefficient (Wildman–Crippen LogP) is 2.21. The molecule has 0 aliphatic carbocycles. The van der Waals surface area contributed by atoms with Crippen molar-refractivity contribution < 1.29 is 13.6 Å². The second-order valence-electron chi connectivity index (χ2n) is 5.42. The Morgan fingerprint density at radius 2 is 1.87 bits per heavy atom. The van der Waals surface area contributed by atoms with Gasteiger partial charge in [-0.2, -0.15) is 14.8 Å². The lowest BCUT2D eigenvalue weighted by Crippen LogP contribution is -2.36. The monoisotopic (exact) mass is 314 g/mol. The van der Waals surface area contributed by atoms with Crippen LogP contribution in [0.2, 0.25) is 0 Å². The minimum absolute atomic E-state index is 0.0510. The van der Waals surface area contributed by atoms with Crippen molar-refractivity contribution in [3.05, 3.63) is 65.0 Å². The van der Waals surface area contributed by atoms with Crippen LogP contribution in [0.3, 0.4) is 0 Å². The van der Waals surface area contributed by atoms with E-state index in [2.05, 4.69) is 10.2 Å². The third-order valence-electron chi connectivity index (χ3n) is 4.12. The largest absolute Gasteiger partial charge is 0.334 e. The minimum Gasteiger partial charge on any atom is -0.334 e. The fraction of sp³-hybridized carbons (Fsp3) is 0.188. The van der Waals surface area contributed by atoms with Crippen LogP contribution in [0.15, 0.2) is 36.7 Å². The van der Waals surface area contributed by atoms with Crippen molar-refractivity contribution >= 4 is 11.4 Å². The van der Waals surface area contributed by atoms with Gasteiger partial charge in [-0.25, -0.2) is 8.78 Å². The van der Waals surface area contributed by atoms with Gasteiger partial charge < -0.3 is 4.90 Å². The van der Waals surface area contributed by atoms with Crippen LogP contribution in [0.5, 0.6) is 0 Å². The van der Waals surface area contributed by atoms with E-state index in [1.165, 1.54) is 15.7 Å². The summed E-state index contributed by atoms with van der Waals surface area (Å²) in [6.45, 7) is 0.388. The van der Waals surface area contributed by atoms with E-state index in [0.717, 1.165) is 12.1 Å². The van der Waals surface area contributed by atoms with Gasteiger partial charge in [0.05, 0.1) is 11.8 Å². The van der Waals surface area contributed by atoms with E-state index in [9.17, 15) is 13.6 Å². The van der Waals surface area contributed by atoms with Crippen LogP contribution in [0.1, 0.15) is 21.5 Å². The van der Waals surface area contributed by atoms with Crippen LogP contribution in [0.4, 0.5) is 8.78 Å². The van der Waals surface area contributed by atoms with Crippen LogP contribution in [-0.4, -0.2) is 32.2 Å². The molecule has 23 heavy (non-hydrogen) atoms. The van der Waals surface area contributed by atoms with Crippen molar-refractivity contribution in [3.63, 3.8) is 0 Å². The minimum atomic E-state index is -0.486. The number of carbonyl (C=O) groups is 1. The van der Waals surface area contributed by atoms with Crippen molar-refractivity contribution in [3.8, 4) is 0 Å². The summed E-state index contributed by atoms with van der Waals surface area (Å²) < 4.78 is 29.1. The van der Waals surface area contributed by atoms with Crippen molar-refractivity contribution in [1.29, 1.82) is 0 Å². The van der Waals surface area contributed by atoms with Gasteiger partial charge in [-0.1, -0.05) is 0 Å². The van der Waals surface area contributed by atoms with Gasteiger partial charge in [0.15, 0.2) is 0 Å². The van der Waals surface area contributed by atoms with E-state index in [4.69, 9.17) is 0 Å². The Labute approximate surface area is 130 Å². The van der Waals surface area contributed by atoms with Crippen molar-refractivity contribution in [2.45, 2.75) is 13.0 Å². The Balaban J connectivity index is 1.69. The van der Waals surface area contributed by atoms with E-state index in [-0.39, 0.29) is 18.0 Å². The molecule has 0 unspecified atom stereocenters. The molecule has 3 heterocycles. The molecule has 0 fully saturated rings. The summed E-state index contributed by atoms with van der Waals surface area (Å²) >= 11 is 0.